The van der Waals surface area contributed by atoms with Crippen molar-refractivity contribution in [2.24, 2.45) is 0 Å². The van der Waals surface area contributed by atoms with Gasteiger partial charge in [0, 0.05) is 29.2 Å². The fraction of sp³-hybridized carbons (Fsp3) is 0.200. The first-order valence-electron chi connectivity index (χ1n) is 8.59. The minimum absolute atomic E-state index is 0.0820. The Morgan fingerprint density at radius 2 is 1.86 bits per heavy atom. The number of nitrogens with zero attached hydrogens (tertiary/aromatic N) is 1. The van der Waals surface area contributed by atoms with Gasteiger partial charge >= 0.3 is 6.18 Å². The van der Waals surface area contributed by atoms with E-state index < -0.39 is 23.5 Å². The van der Waals surface area contributed by atoms with Gasteiger partial charge in [0.15, 0.2) is 0 Å². The summed E-state index contributed by atoms with van der Waals surface area (Å²) in [6, 6.07) is 8.65. The zero-order valence-corrected chi connectivity index (χ0v) is 15.0. The highest BCUT2D eigenvalue weighted by molar-refractivity contribution is 6.02. The molecule has 0 aliphatic rings. The van der Waals surface area contributed by atoms with Gasteiger partial charge in [-0.25, -0.2) is 4.39 Å². The summed E-state index contributed by atoms with van der Waals surface area (Å²) in [5, 5.41) is 12.4. The van der Waals surface area contributed by atoms with E-state index >= 15 is 0 Å². The zero-order valence-electron chi connectivity index (χ0n) is 15.0. The van der Waals surface area contributed by atoms with Crippen molar-refractivity contribution in [1.29, 1.82) is 0 Å². The van der Waals surface area contributed by atoms with Crippen LogP contribution in [0.25, 0.3) is 10.8 Å². The maximum absolute atomic E-state index is 13.7. The summed E-state index contributed by atoms with van der Waals surface area (Å²) in [6.45, 7) is -0.0730. The van der Waals surface area contributed by atoms with Crippen LogP contribution in [0.15, 0.2) is 53.5 Å². The third-order valence-corrected chi connectivity index (χ3v) is 4.34. The van der Waals surface area contributed by atoms with E-state index in [-0.39, 0.29) is 30.7 Å². The molecule has 5 nitrogen and oxygen atoms in total. The Hall–Kier alpha value is -3.20. The maximum Gasteiger partial charge on any atom is 0.419 e. The van der Waals surface area contributed by atoms with Gasteiger partial charge in [-0.05, 0) is 35.9 Å². The van der Waals surface area contributed by atoms with Crippen molar-refractivity contribution < 1.29 is 27.5 Å². The van der Waals surface area contributed by atoms with Crippen LogP contribution in [0, 0.1) is 5.82 Å². The van der Waals surface area contributed by atoms with Crippen LogP contribution in [-0.4, -0.2) is 22.2 Å². The highest BCUT2D eigenvalue weighted by Crippen LogP contribution is 2.31. The van der Waals surface area contributed by atoms with Gasteiger partial charge < -0.3 is 15.0 Å². The van der Waals surface area contributed by atoms with E-state index in [4.69, 9.17) is 5.11 Å². The second-order valence-electron chi connectivity index (χ2n) is 6.34. The van der Waals surface area contributed by atoms with Crippen LogP contribution >= 0.6 is 0 Å². The monoisotopic (exact) mass is 408 g/mol. The Balaban J connectivity index is 1.83. The van der Waals surface area contributed by atoms with Gasteiger partial charge in [-0.1, -0.05) is 12.1 Å². The number of anilines is 1. The molecule has 9 heteroatoms. The average molecular weight is 408 g/mol. The van der Waals surface area contributed by atoms with Crippen LogP contribution in [0.2, 0.25) is 0 Å². The highest BCUT2D eigenvalue weighted by atomic mass is 19.4. The molecular weight excluding hydrogens is 392 g/mol. The lowest BCUT2D eigenvalue weighted by Crippen LogP contribution is -2.21. The van der Waals surface area contributed by atoms with Crippen LogP contribution in [0.4, 0.5) is 23.2 Å². The summed E-state index contributed by atoms with van der Waals surface area (Å²) < 4.78 is 52.9. The summed E-state index contributed by atoms with van der Waals surface area (Å²) in [7, 11) is 0. The predicted octanol–water partition coefficient (Wildman–Crippen LogP) is 3.33. The Morgan fingerprint density at radius 1 is 1.10 bits per heavy atom. The molecule has 1 amide bonds. The Labute approximate surface area is 162 Å². The lowest BCUT2D eigenvalue weighted by molar-refractivity contribution is -0.140. The number of benzene rings is 2. The van der Waals surface area contributed by atoms with Crippen LogP contribution in [0.5, 0.6) is 0 Å². The predicted molar refractivity (Wildman–Crippen MR) is 99.0 cm³/mol. The molecule has 0 unspecified atom stereocenters. The number of carbonyl (C=O) groups excluding carboxylic acids is 1. The number of nitrogens with one attached hydrogen (secondary N) is 1. The first-order valence-corrected chi connectivity index (χ1v) is 8.59. The van der Waals surface area contributed by atoms with E-state index in [1.54, 1.807) is 24.3 Å². The van der Waals surface area contributed by atoms with Crippen LogP contribution < -0.4 is 10.9 Å². The molecule has 0 fully saturated rings. The van der Waals surface area contributed by atoms with Gasteiger partial charge in [0.05, 0.1) is 18.6 Å². The fourth-order valence-corrected chi connectivity index (χ4v) is 2.99. The van der Waals surface area contributed by atoms with E-state index in [2.05, 4.69) is 5.32 Å². The number of aliphatic hydroxyl groups excluding tert-OH is 1. The number of hydrogen-bond acceptors (Lipinski definition) is 3. The number of halogens is 4. The Kier molecular flexibility index (Phi) is 5.69. The average Bonchev–Trinajstić information content (AvgIpc) is 2.63. The second kappa shape index (κ2) is 8.04. The van der Waals surface area contributed by atoms with Crippen molar-refractivity contribution >= 4 is 22.4 Å². The van der Waals surface area contributed by atoms with Crippen molar-refractivity contribution in [2.75, 3.05) is 11.9 Å². The van der Waals surface area contributed by atoms with E-state index in [0.29, 0.717) is 28.6 Å². The molecule has 3 rings (SSSR count). The molecule has 0 saturated carbocycles. The molecular formula is C20H16F4N2O3. The SMILES string of the molecule is O=C(Cc1ccc(C(F)(F)F)c(F)c1)Nc1cccc2c(=O)n(CCO)ccc12. The molecule has 29 heavy (non-hydrogen) atoms. The van der Waals surface area contributed by atoms with Crippen LogP contribution in [0.3, 0.4) is 0 Å². The quantitative estimate of drug-likeness (QED) is 0.637. The van der Waals surface area contributed by atoms with Gasteiger partial charge in [-0.3, -0.25) is 9.59 Å². The molecule has 0 aliphatic heterocycles. The number of aromatic nitrogens is 1. The van der Waals surface area contributed by atoms with E-state index in [9.17, 15) is 27.2 Å². The summed E-state index contributed by atoms with van der Waals surface area (Å²) >= 11 is 0. The van der Waals surface area contributed by atoms with Gasteiger partial charge in [0.2, 0.25) is 5.91 Å². The summed E-state index contributed by atoms with van der Waals surface area (Å²) in [6.07, 6.45) is -3.66. The normalized spacial score (nSPS) is 11.6. The molecule has 0 spiro atoms. The number of alkyl halides is 3. The van der Waals surface area contributed by atoms with Crippen molar-refractivity contribution in [1.82, 2.24) is 4.57 Å². The van der Waals surface area contributed by atoms with Crippen molar-refractivity contribution in [3.8, 4) is 0 Å². The molecule has 1 aromatic heterocycles. The molecule has 152 valence electrons. The molecule has 0 bridgehead atoms. The molecule has 3 aromatic rings. The maximum atomic E-state index is 13.7. The standard InChI is InChI=1S/C20H16F4N2O3/c21-16-10-12(4-5-15(16)20(22,23)24)11-18(28)25-17-3-1-2-14-13(17)6-7-26(8-9-27)19(14)29/h1-7,10,27H,8-9,11H2,(H,25,28). The van der Waals surface area contributed by atoms with Crippen molar-refractivity contribution in [3.63, 3.8) is 0 Å². The van der Waals surface area contributed by atoms with Gasteiger partial charge in [-0.15, -0.1) is 0 Å². The Bertz CT molecular complexity index is 1120. The summed E-state index contributed by atoms with van der Waals surface area (Å²) in [5.74, 6) is -2.02. The molecule has 2 N–H and O–H groups in total. The lowest BCUT2D eigenvalue weighted by Gasteiger charge is -2.12. The number of pyridine rings is 1. The second-order valence-corrected chi connectivity index (χ2v) is 6.34. The van der Waals surface area contributed by atoms with Crippen molar-refractivity contribution in [2.45, 2.75) is 19.1 Å². The van der Waals surface area contributed by atoms with Gasteiger partial charge in [-0.2, -0.15) is 13.2 Å². The molecule has 0 radical (unpaired) electrons. The number of hydrogen-bond donors (Lipinski definition) is 2. The number of rotatable bonds is 5. The lowest BCUT2D eigenvalue weighted by atomic mass is 10.1. The van der Waals surface area contributed by atoms with E-state index in [1.807, 2.05) is 0 Å². The largest absolute Gasteiger partial charge is 0.419 e. The first kappa shape index (κ1) is 20.5. The summed E-state index contributed by atoms with van der Waals surface area (Å²) in [4.78, 5) is 24.7. The number of amides is 1. The van der Waals surface area contributed by atoms with E-state index in [0.717, 1.165) is 6.07 Å². The van der Waals surface area contributed by atoms with Gasteiger partial charge in [0.1, 0.15) is 5.82 Å². The van der Waals surface area contributed by atoms with Gasteiger partial charge in [0.25, 0.3) is 5.56 Å². The highest BCUT2D eigenvalue weighted by Gasteiger charge is 2.33. The van der Waals surface area contributed by atoms with Crippen LogP contribution in [0.1, 0.15) is 11.1 Å². The van der Waals surface area contributed by atoms with E-state index in [1.165, 1.54) is 10.8 Å². The molecule has 0 saturated heterocycles. The minimum atomic E-state index is -4.81. The third-order valence-electron chi connectivity index (χ3n) is 4.34. The number of fused-ring (bicyclic) bond motifs is 1. The molecule has 1 heterocycles. The summed E-state index contributed by atoms with van der Waals surface area (Å²) in [5.41, 5.74) is -1.31. The fourth-order valence-electron chi connectivity index (χ4n) is 2.99. The van der Waals surface area contributed by atoms with Crippen molar-refractivity contribution in [3.05, 3.63) is 76.0 Å². The molecule has 2 aromatic carbocycles. The number of aliphatic hydroxyl groups is 1. The molecule has 0 aliphatic carbocycles. The zero-order chi connectivity index (χ0) is 21.2. The Morgan fingerprint density at radius 3 is 2.52 bits per heavy atom. The number of carbonyl (C=O) groups is 1. The third kappa shape index (κ3) is 4.45. The van der Waals surface area contributed by atoms with Crippen LogP contribution in [-0.2, 0) is 23.9 Å². The smallest absolute Gasteiger partial charge is 0.395 e. The molecule has 0 atom stereocenters. The first-order chi connectivity index (χ1) is 13.7. The minimum Gasteiger partial charge on any atom is -0.395 e. The topological polar surface area (TPSA) is 71.3 Å².